The molecule has 2 aliphatic carbocycles. The summed E-state index contributed by atoms with van der Waals surface area (Å²) in [7, 11) is 0. The molecule has 2 rings (SSSR count). The lowest BCUT2D eigenvalue weighted by atomic mass is 9.74. The van der Waals surface area contributed by atoms with E-state index in [9.17, 15) is 0 Å². The Labute approximate surface area is 176 Å². The van der Waals surface area contributed by atoms with Crippen LogP contribution in [0, 0.1) is 17.8 Å². The van der Waals surface area contributed by atoms with Crippen LogP contribution in [0.3, 0.4) is 0 Å². The highest BCUT2D eigenvalue weighted by Crippen LogP contribution is 2.50. The Balaban J connectivity index is 2.14. The fourth-order valence-corrected chi connectivity index (χ4v) is 5.92. The Morgan fingerprint density at radius 2 is 1.21 bits per heavy atom. The van der Waals surface area contributed by atoms with Gasteiger partial charge < -0.3 is 9.47 Å². The van der Waals surface area contributed by atoms with Gasteiger partial charge >= 0.3 is 0 Å². The Hall–Kier alpha value is -0.0800. The van der Waals surface area contributed by atoms with E-state index in [2.05, 4.69) is 20.8 Å². The molecule has 0 radical (unpaired) electrons. The van der Waals surface area contributed by atoms with Crippen LogP contribution in [0.25, 0.3) is 0 Å². The lowest BCUT2D eigenvalue weighted by Gasteiger charge is -2.47. The van der Waals surface area contributed by atoms with Crippen LogP contribution in [-0.2, 0) is 9.47 Å². The molecule has 2 aliphatic rings. The van der Waals surface area contributed by atoms with Gasteiger partial charge in [-0.2, -0.15) is 0 Å². The van der Waals surface area contributed by atoms with Crippen molar-refractivity contribution in [1.82, 2.24) is 0 Å². The van der Waals surface area contributed by atoms with Crippen molar-refractivity contribution in [3.05, 3.63) is 0 Å². The van der Waals surface area contributed by atoms with Crippen LogP contribution in [0.1, 0.15) is 130 Å². The lowest BCUT2D eigenvalue weighted by molar-refractivity contribution is -0.305. The standard InChI is InChI=1S/C26H50O2/c1-4-7-8-9-10-11-20-25(23-16-12-13-17-23)26(27-21-5-2,28-22-6-3)24-18-14-15-19-24/h23-25H,4-22H2,1-3H3. The summed E-state index contributed by atoms with van der Waals surface area (Å²) in [6.07, 6.45) is 22.8. The first-order valence-corrected chi connectivity index (χ1v) is 13.1. The minimum absolute atomic E-state index is 0.291. The second kappa shape index (κ2) is 14.0. The third-order valence-electron chi connectivity index (χ3n) is 7.34. The van der Waals surface area contributed by atoms with Gasteiger partial charge in [0, 0.05) is 25.0 Å². The smallest absolute Gasteiger partial charge is 0.174 e. The van der Waals surface area contributed by atoms with Crippen molar-refractivity contribution in [1.29, 1.82) is 0 Å². The van der Waals surface area contributed by atoms with Gasteiger partial charge in [0.25, 0.3) is 0 Å². The topological polar surface area (TPSA) is 18.5 Å². The summed E-state index contributed by atoms with van der Waals surface area (Å²) in [4.78, 5) is 0. The van der Waals surface area contributed by atoms with Gasteiger partial charge in [-0.25, -0.2) is 0 Å². The van der Waals surface area contributed by atoms with E-state index in [1.54, 1.807) is 0 Å². The first-order valence-electron chi connectivity index (χ1n) is 13.1. The normalized spacial score (nSPS) is 20.2. The average molecular weight is 395 g/mol. The van der Waals surface area contributed by atoms with Crippen LogP contribution < -0.4 is 0 Å². The second-order valence-corrected chi connectivity index (χ2v) is 9.61. The molecule has 0 spiro atoms. The molecular formula is C26H50O2. The quantitative estimate of drug-likeness (QED) is 0.194. The van der Waals surface area contributed by atoms with E-state index in [1.165, 1.54) is 96.3 Å². The molecule has 2 heteroatoms. The van der Waals surface area contributed by atoms with Gasteiger partial charge in [-0.05, 0) is 50.9 Å². The van der Waals surface area contributed by atoms with Crippen molar-refractivity contribution in [2.75, 3.05) is 13.2 Å². The molecule has 0 bridgehead atoms. The minimum atomic E-state index is -0.291. The molecular weight excluding hydrogens is 344 g/mol. The fourth-order valence-electron chi connectivity index (χ4n) is 5.92. The summed E-state index contributed by atoms with van der Waals surface area (Å²) in [5.41, 5.74) is 0. The summed E-state index contributed by atoms with van der Waals surface area (Å²) in [6, 6.07) is 0. The predicted molar refractivity (Wildman–Crippen MR) is 121 cm³/mol. The zero-order chi connectivity index (χ0) is 20.1. The summed E-state index contributed by atoms with van der Waals surface area (Å²) in [5, 5.41) is 0. The Bertz CT molecular complexity index is 361. The summed E-state index contributed by atoms with van der Waals surface area (Å²) in [5.74, 6) is 1.77. The first kappa shape index (κ1) is 24.2. The van der Waals surface area contributed by atoms with Crippen LogP contribution in [0.2, 0.25) is 0 Å². The number of unbranched alkanes of at least 4 members (excludes halogenated alkanes) is 5. The summed E-state index contributed by atoms with van der Waals surface area (Å²) >= 11 is 0. The number of hydrogen-bond acceptors (Lipinski definition) is 2. The van der Waals surface area contributed by atoms with E-state index in [4.69, 9.17) is 9.47 Å². The van der Waals surface area contributed by atoms with Crippen LogP contribution in [0.5, 0.6) is 0 Å². The molecule has 2 saturated carbocycles. The van der Waals surface area contributed by atoms with Crippen molar-refractivity contribution >= 4 is 0 Å². The molecule has 166 valence electrons. The van der Waals surface area contributed by atoms with Crippen LogP contribution in [0.4, 0.5) is 0 Å². The van der Waals surface area contributed by atoms with Crippen molar-refractivity contribution in [2.45, 2.75) is 136 Å². The highest BCUT2D eigenvalue weighted by molar-refractivity contribution is 4.94. The third kappa shape index (κ3) is 7.01. The maximum absolute atomic E-state index is 6.81. The second-order valence-electron chi connectivity index (χ2n) is 9.61. The molecule has 0 N–H and O–H groups in total. The van der Waals surface area contributed by atoms with Gasteiger partial charge in [0.05, 0.1) is 0 Å². The van der Waals surface area contributed by atoms with E-state index >= 15 is 0 Å². The van der Waals surface area contributed by atoms with E-state index < -0.39 is 0 Å². The van der Waals surface area contributed by atoms with Gasteiger partial charge in [-0.1, -0.05) is 85.0 Å². The molecule has 0 aromatic heterocycles. The van der Waals surface area contributed by atoms with Gasteiger partial charge in [0.1, 0.15) is 0 Å². The van der Waals surface area contributed by atoms with Gasteiger partial charge in [-0.3, -0.25) is 0 Å². The van der Waals surface area contributed by atoms with E-state index in [1.807, 2.05) is 0 Å². The first-order chi connectivity index (χ1) is 13.8. The highest BCUT2D eigenvalue weighted by atomic mass is 16.7. The van der Waals surface area contributed by atoms with Crippen molar-refractivity contribution < 1.29 is 9.47 Å². The Morgan fingerprint density at radius 1 is 0.679 bits per heavy atom. The maximum atomic E-state index is 6.81. The SMILES string of the molecule is CCCCCCCCC(C1CCCC1)C(OCCC)(OCCC)C1CCCC1. The Kier molecular flexibility index (Phi) is 12.1. The molecule has 1 atom stereocenters. The molecule has 0 aromatic rings. The molecule has 2 fully saturated rings. The average Bonchev–Trinajstić information content (AvgIpc) is 3.43. The van der Waals surface area contributed by atoms with Crippen molar-refractivity contribution in [3.63, 3.8) is 0 Å². The zero-order valence-corrected chi connectivity index (χ0v) is 19.5. The summed E-state index contributed by atoms with van der Waals surface area (Å²) < 4.78 is 13.6. The van der Waals surface area contributed by atoms with Crippen molar-refractivity contribution in [3.8, 4) is 0 Å². The monoisotopic (exact) mass is 394 g/mol. The maximum Gasteiger partial charge on any atom is 0.174 e. The molecule has 0 aliphatic heterocycles. The number of hydrogen-bond donors (Lipinski definition) is 0. The lowest BCUT2D eigenvalue weighted by Crippen LogP contribution is -2.52. The Morgan fingerprint density at radius 3 is 1.79 bits per heavy atom. The minimum Gasteiger partial charge on any atom is -0.349 e. The van der Waals surface area contributed by atoms with E-state index in [0.717, 1.165) is 32.0 Å². The van der Waals surface area contributed by atoms with Crippen molar-refractivity contribution in [2.24, 2.45) is 17.8 Å². The molecule has 0 heterocycles. The number of ether oxygens (including phenoxy) is 2. The molecule has 0 amide bonds. The third-order valence-corrected chi connectivity index (χ3v) is 7.34. The summed E-state index contributed by atoms with van der Waals surface area (Å²) in [6.45, 7) is 8.52. The molecule has 1 unspecified atom stereocenters. The largest absolute Gasteiger partial charge is 0.349 e. The van der Waals surface area contributed by atoms with Crippen LogP contribution >= 0.6 is 0 Å². The molecule has 0 aromatic carbocycles. The van der Waals surface area contributed by atoms with Gasteiger partial charge in [-0.15, -0.1) is 0 Å². The molecule has 2 nitrogen and oxygen atoms in total. The fraction of sp³-hybridized carbons (Fsp3) is 1.00. The van der Waals surface area contributed by atoms with Gasteiger partial charge in [0.2, 0.25) is 0 Å². The van der Waals surface area contributed by atoms with Gasteiger partial charge in [0.15, 0.2) is 5.79 Å². The number of rotatable bonds is 16. The molecule has 28 heavy (non-hydrogen) atoms. The predicted octanol–water partition coefficient (Wildman–Crippen LogP) is 8.28. The van der Waals surface area contributed by atoms with Crippen LogP contribution in [0.15, 0.2) is 0 Å². The van der Waals surface area contributed by atoms with E-state index in [0.29, 0.717) is 11.8 Å². The highest BCUT2D eigenvalue weighted by Gasteiger charge is 2.51. The van der Waals surface area contributed by atoms with Crippen LogP contribution in [-0.4, -0.2) is 19.0 Å². The molecule has 0 saturated heterocycles. The van der Waals surface area contributed by atoms with E-state index in [-0.39, 0.29) is 5.79 Å². The zero-order valence-electron chi connectivity index (χ0n) is 19.5.